The Hall–Kier alpha value is -0.530. The van der Waals surface area contributed by atoms with Gasteiger partial charge in [0, 0.05) is 0 Å². The van der Waals surface area contributed by atoms with Crippen LogP contribution in [0.5, 0.6) is 0 Å². The molecule has 0 aromatic rings. The van der Waals surface area contributed by atoms with Gasteiger partial charge in [-0.05, 0) is 32.6 Å². The SMILES string of the molecule is CCCC(C)COC(=O)C(C)(C)CCC. The minimum absolute atomic E-state index is 0.0488. The van der Waals surface area contributed by atoms with Gasteiger partial charge in [0.1, 0.15) is 0 Å². The molecule has 0 amide bonds. The molecule has 0 rings (SSSR count). The molecule has 15 heavy (non-hydrogen) atoms. The van der Waals surface area contributed by atoms with Crippen LogP contribution in [0.1, 0.15) is 60.3 Å². The zero-order valence-corrected chi connectivity index (χ0v) is 10.9. The normalized spacial score (nSPS) is 13.7. The Kier molecular flexibility index (Phi) is 6.62. The largest absolute Gasteiger partial charge is 0.465 e. The molecule has 0 bridgehead atoms. The highest BCUT2D eigenvalue weighted by Crippen LogP contribution is 2.24. The van der Waals surface area contributed by atoms with Crippen molar-refractivity contribution < 1.29 is 9.53 Å². The summed E-state index contributed by atoms with van der Waals surface area (Å²) in [5.41, 5.74) is -0.319. The first-order valence-electron chi connectivity index (χ1n) is 6.11. The van der Waals surface area contributed by atoms with Crippen LogP contribution >= 0.6 is 0 Å². The van der Waals surface area contributed by atoms with Gasteiger partial charge in [0.2, 0.25) is 0 Å². The molecule has 0 spiro atoms. The lowest BCUT2D eigenvalue weighted by molar-refractivity contribution is -0.155. The number of rotatable bonds is 7. The summed E-state index contributed by atoms with van der Waals surface area (Å²) in [6, 6.07) is 0. The Labute approximate surface area is 94.4 Å². The van der Waals surface area contributed by atoms with E-state index in [4.69, 9.17) is 4.74 Å². The first kappa shape index (κ1) is 14.5. The van der Waals surface area contributed by atoms with Crippen molar-refractivity contribution in [3.63, 3.8) is 0 Å². The average molecular weight is 214 g/mol. The second kappa shape index (κ2) is 6.86. The Balaban J connectivity index is 3.92. The molecule has 0 heterocycles. The highest BCUT2D eigenvalue weighted by Gasteiger charge is 2.28. The van der Waals surface area contributed by atoms with Crippen molar-refractivity contribution >= 4 is 5.97 Å². The Morgan fingerprint density at radius 2 is 1.87 bits per heavy atom. The van der Waals surface area contributed by atoms with Crippen molar-refractivity contribution in [3.8, 4) is 0 Å². The predicted octanol–water partition coefficient (Wildman–Crippen LogP) is 3.79. The van der Waals surface area contributed by atoms with E-state index < -0.39 is 0 Å². The molecule has 0 aromatic heterocycles. The topological polar surface area (TPSA) is 26.3 Å². The molecule has 0 saturated carbocycles. The predicted molar refractivity (Wildman–Crippen MR) is 63.7 cm³/mol. The second-order valence-electron chi connectivity index (χ2n) is 5.13. The monoisotopic (exact) mass is 214 g/mol. The molecule has 0 saturated heterocycles. The van der Waals surface area contributed by atoms with Crippen molar-refractivity contribution in [2.24, 2.45) is 11.3 Å². The molecule has 2 heteroatoms. The van der Waals surface area contributed by atoms with E-state index in [9.17, 15) is 4.79 Å². The maximum Gasteiger partial charge on any atom is 0.311 e. The van der Waals surface area contributed by atoms with Crippen LogP contribution in [0.15, 0.2) is 0 Å². The minimum Gasteiger partial charge on any atom is -0.465 e. The second-order valence-corrected chi connectivity index (χ2v) is 5.13. The average Bonchev–Trinajstić information content (AvgIpc) is 2.14. The zero-order chi connectivity index (χ0) is 11.9. The fourth-order valence-electron chi connectivity index (χ4n) is 1.72. The standard InChI is InChI=1S/C13H26O2/c1-6-8-11(3)10-15-12(14)13(4,5)9-7-2/h11H,6-10H2,1-5H3. The van der Waals surface area contributed by atoms with Crippen LogP contribution in [0.3, 0.4) is 0 Å². The third kappa shape index (κ3) is 5.81. The molecule has 0 aromatic carbocycles. The van der Waals surface area contributed by atoms with Crippen LogP contribution in [0.4, 0.5) is 0 Å². The van der Waals surface area contributed by atoms with E-state index in [1.165, 1.54) is 0 Å². The summed E-state index contributed by atoms with van der Waals surface area (Å²) < 4.78 is 5.33. The maximum absolute atomic E-state index is 11.7. The van der Waals surface area contributed by atoms with Gasteiger partial charge in [-0.15, -0.1) is 0 Å². The first-order valence-corrected chi connectivity index (χ1v) is 6.11. The molecule has 90 valence electrons. The summed E-state index contributed by atoms with van der Waals surface area (Å²) in [6.07, 6.45) is 4.19. The van der Waals surface area contributed by atoms with E-state index >= 15 is 0 Å². The molecule has 1 unspecified atom stereocenters. The van der Waals surface area contributed by atoms with Crippen molar-refractivity contribution in [1.82, 2.24) is 0 Å². The smallest absolute Gasteiger partial charge is 0.311 e. The van der Waals surface area contributed by atoms with Gasteiger partial charge in [-0.3, -0.25) is 4.79 Å². The van der Waals surface area contributed by atoms with Gasteiger partial charge in [0.15, 0.2) is 0 Å². The molecule has 0 aliphatic heterocycles. The zero-order valence-electron chi connectivity index (χ0n) is 10.9. The lowest BCUT2D eigenvalue weighted by Gasteiger charge is -2.22. The minimum atomic E-state index is -0.319. The molecule has 0 radical (unpaired) electrons. The van der Waals surface area contributed by atoms with E-state index in [-0.39, 0.29) is 11.4 Å². The third-order valence-corrected chi connectivity index (χ3v) is 2.71. The van der Waals surface area contributed by atoms with Crippen molar-refractivity contribution in [2.45, 2.75) is 60.3 Å². The van der Waals surface area contributed by atoms with E-state index in [2.05, 4.69) is 20.8 Å². The van der Waals surface area contributed by atoms with Crippen LogP contribution in [0.2, 0.25) is 0 Å². The van der Waals surface area contributed by atoms with Gasteiger partial charge < -0.3 is 4.74 Å². The van der Waals surface area contributed by atoms with E-state index in [0.29, 0.717) is 12.5 Å². The number of carbonyl (C=O) groups excluding carboxylic acids is 1. The van der Waals surface area contributed by atoms with E-state index in [1.54, 1.807) is 0 Å². The fraction of sp³-hybridized carbons (Fsp3) is 0.923. The lowest BCUT2D eigenvalue weighted by atomic mass is 9.88. The molecule has 0 N–H and O–H groups in total. The van der Waals surface area contributed by atoms with E-state index in [0.717, 1.165) is 25.7 Å². The summed E-state index contributed by atoms with van der Waals surface area (Å²) in [5, 5.41) is 0. The van der Waals surface area contributed by atoms with Gasteiger partial charge in [-0.1, -0.05) is 33.6 Å². The van der Waals surface area contributed by atoms with Gasteiger partial charge in [-0.2, -0.15) is 0 Å². The Bertz CT molecular complexity index is 185. The van der Waals surface area contributed by atoms with Gasteiger partial charge >= 0.3 is 5.97 Å². The number of hydrogen-bond donors (Lipinski definition) is 0. The summed E-state index contributed by atoms with van der Waals surface area (Å²) in [7, 11) is 0. The van der Waals surface area contributed by atoms with Crippen LogP contribution in [-0.2, 0) is 9.53 Å². The van der Waals surface area contributed by atoms with Crippen LogP contribution < -0.4 is 0 Å². The van der Waals surface area contributed by atoms with Crippen molar-refractivity contribution in [3.05, 3.63) is 0 Å². The summed E-state index contributed by atoms with van der Waals surface area (Å²) in [4.78, 5) is 11.7. The molecule has 2 nitrogen and oxygen atoms in total. The number of carbonyl (C=O) groups is 1. The quantitative estimate of drug-likeness (QED) is 0.603. The summed E-state index contributed by atoms with van der Waals surface area (Å²) >= 11 is 0. The maximum atomic E-state index is 11.7. The Morgan fingerprint density at radius 3 is 2.33 bits per heavy atom. The highest BCUT2D eigenvalue weighted by atomic mass is 16.5. The molecule has 0 fully saturated rings. The molecular formula is C13H26O2. The lowest BCUT2D eigenvalue weighted by Crippen LogP contribution is -2.28. The molecular weight excluding hydrogens is 188 g/mol. The van der Waals surface area contributed by atoms with Gasteiger partial charge in [0.25, 0.3) is 0 Å². The third-order valence-electron chi connectivity index (χ3n) is 2.71. The van der Waals surface area contributed by atoms with Gasteiger partial charge in [0.05, 0.1) is 12.0 Å². The van der Waals surface area contributed by atoms with Crippen molar-refractivity contribution in [1.29, 1.82) is 0 Å². The summed E-state index contributed by atoms with van der Waals surface area (Å²) in [6.45, 7) is 10.9. The first-order chi connectivity index (χ1) is 6.94. The summed E-state index contributed by atoms with van der Waals surface area (Å²) in [5.74, 6) is 0.434. The van der Waals surface area contributed by atoms with Crippen LogP contribution in [0, 0.1) is 11.3 Å². The molecule has 1 atom stereocenters. The van der Waals surface area contributed by atoms with Crippen LogP contribution in [0.25, 0.3) is 0 Å². The number of esters is 1. The van der Waals surface area contributed by atoms with Gasteiger partial charge in [-0.25, -0.2) is 0 Å². The van der Waals surface area contributed by atoms with Crippen molar-refractivity contribution in [2.75, 3.05) is 6.61 Å². The molecule has 0 aliphatic carbocycles. The Morgan fingerprint density at radius 1 is 1.27 bits per heavy atom. The highest BCUT2D eigenvalue weighted by molar-refractivity contribution is 5.75. The fourth-order valence-corrected chi connectivity index (χ4v) is 1.72. The number of hydrogen-bond acceptors (Lipinski definition) is 2. The van der Waals surface area contributed by atoms with Crippen LogP contribution in [-0.4, -0.2) is 12.6 Å². The number of ether oxygens (including phenoxy) is 1. The van der Waals surface area contributed by atoms with E-state index in [1.807, 2.05) is 13.8 Å². The molecule has 0 aliphatic rings.